The number of aromatic nitrogens is 2. The second-order valence-corrected chi connectivity index (χ2v) is 9.97. The van der Waals surface area contributed by atoms with Crippen molar-refractivity contribution in [1.82, 2.24) is 9.55 Å². The number of unbranched alkanes of at least 4 members (excludes halogenated alkanes) is 1. The second kappa shape index (κ2) is 9.99. The van der Waals surface area contributed by atoms with Crippen molar-refractivity contribution in [2.45, 2.75) is 65.4 Å². The van der Waals surface area contributed by atoms with Gasteiger partial charge in [-0.3, -0.25) is 4.57 Å². The third-order valence-electron chi connectivity index (χ3n) is 6.38. The zero-order valence-corrected chi connectivity index (χ0v) is 21.0. The van der Waals surface area contributed by atoms with Gasteiger partial charge in [-0.25, -0.2) is 4.98 Å². The van der Waals surface area contributed by atoms with Crippen molar-refractivity contribution in [2.75, 3.05) is 0 Å². The number of hydrogen-bond acceptors (Lipinski definition) is 2. The Hall–Kier alpha value is -3.17. The largest absolute Gasteiger partial charge is 0.384 e. The van der Waals surface area contributed by atoms with Crippen LogP contribution in [0.2, 0.25) is 0 Å². The minimum absolute atomic E-state index is 0.370. The van der Waals surface area contributed by atoms with E-state index >= 15 is 0 Å². The Labute approximate surface area is 204 Å². The molecule has 0 saturated heterocycles. The maximum absolute atomic E-state index is 10.7. The molecular weight excluding hydrogens is 416 g/mol. The van der Waals surface area contributed by atoms with Gasteiger partial charge < -0.3 is 5.11 Å². The van der Waals surface area contributed by atoms with E-state index in [4.69, 9.17) is 4.98 Å². The van der Waals surface area contributed by atoms with Crippen LogP contribution in [0.15, 0.2) is 79.0 Å². The molecule has 0 saturated carbocycles. The number of benzene rings is 3. The number of aryl methyl sites for hydroxylation is 1. The second-order valence-electron chi connectivity index (χ2n) is 9.97. The molecule has 176 valence electrons. The highest BCUT2D eigenvalue weighted by molar-refractivity contribution is 5.68. The van der Waals surface area contributed by atoms with Crippen LogP contribution in [0.3, 0.4) is 0 Å². The van der Waals surface area contributed by atoms with Gasteiger partial charge >= 0.3 is 0 Å². The third-order valence-corrected chi connectivity index (χ3v) is 6.38. The van der Waals surface area contributed by atoms with Crippen LogP contribution in [0, 0.1) is 0 Å². The smallest absolute Gasteiger partial charge is 0.145 e. The summed E-state index contributed by atoms with van der Waals surface area (Å²) < 4.78 is 2.11. The fourth-order valence-electron chi connectivity index (χ4n) is 4.37. The standard InChI is InChI=1S/C31H36N2O/c1-6-7-11-23-12-10-13-25(20-23)24-16-18-26(19-17-24)33-21-29(31(4,5)34)32-30(33)28-15-9-8-14-27(28)22(2)3/h8-10,12-22,34H,6-7,11H2,1-5H3. The van der Waals surface area contributed by atoms with Crippen LogP contribution in [0.1, 0.15) is 70.2 Å². The first-order valence-corrected chi connectivity index (χ1v) is 12.4. The normalized spacial score (nSPS) is 11.9. The number of imidazole rings is 1. The first kappa shape index (κ1) is 24.0. The number of rotatable bonds is 8. The predicted molar refractivity (Wildman–Crippen MR) is 142 cm³/mol. The van der Waals surface area contributed by atoms with Gasteiger partial charge in [-0.15, -0.1) is 0 Å². The van der Waals surface area contributed by atoms with Crippen molar-refractivity contribution in [1.29, 1.82) is 0 Å². The fourth-order valence-corrected chi connectivity index (χ4v) is 4.37. The van der Waals surface area contributed by atoms with E-state index in [1.54, 1.807) is 13.8 Å². The van der Waals surface area contributed by atoms with Crippen molar-refractivity contribution < 1.29 is 5.11 Å². The lowest BCUT2D eigenvalue weighted by atomic mass is 9.96. The highest BCUT2D eigenvalue weighted by Gasteiger charge is 2.24. The van der Waals surface area contributed by atoms with Crippen molar-refractivity contribution in [3.05, 3.63) is 95.8 Å². The lowest BCUT2D eigenvalue weighted by Crippen LogP contribution is -2.15. The minimum atomic E-state index is -1.02. The SMILES string of the molecule is CCCCc1cccc(-c2ccc(-n3cc(C(C)(C)O)nc3-c3ccccc3C(C)C)cc2)c1. The number of nitrogens with zero attached hydrogens (tertiary/aromatic N) is 2. The van der Waals surface area contributed by atoms with Crippen LogP contribution in [0.25, 0.3) is 28.2 Å². The lowest BCUT2D eigenvalue weighted by molar-refractivity contribution is 0.0743. The van der Waals surface area contributed by atoms with Gasteiger partial charge in [0.25, 0.3) is 0 Å². The molecule has 0 unspecified atom stereocenters. The van der Waals surface area contributed by atoms with Crippen LogP contribution in [-0.4, -0.2) is 14.7 Å². The van der Waals surface area contributed by atoms with E-state index in [0.29, 0.717) is 11.6 Å². The summed E-state index contributed by atoms with van der Waals surface area (Å²) in [6, 6.07) is 25.9. The number of aliphatic hydroxyl groups is 1. The molecule has 0 aliphatic rings. The van der Waals surface area contributed by atoms with E-state index in [-0.39, 0.29) is 0 Å². The van der Waals surface area contributed by atoms with Crippen LogP contribution >= 0.6 is 0 Å². The van der Waals surface area contributed by atoms with Crippen molar-refractivity contribution in [2.24, 2.45) is 0 Å². The van der Waals surface area contributed by atoms with Crippen molar-refractivity contribution in [3.63, 3.8) is 0 Å². The summed E-state index contributed by atoms with van der Waals surface area (Å²) in [5.74, 6) is 1.23. The molecule has 3 aromatic carbocycles. The quantitative estimate of drug-likeness (QED) is 0.295. The Bertz CT molecular complexity index is 1240. The molecule has 3 nitrogen and oxygen atoms in total. The maximum Gasteiger partial charge on any atom is 0.145 e. The molecule has 4 aromatic rings. The molecule has 3 heteroatoms. The Morgan fingerprint density at radius 3 is 2.32 bits per heavy atom. The first-order chi connectivity index (χ1) is 16.3. The molecule has 0 atom stereocenters. The van der Waals surface area contributed by atoms with E-state index in [9.17, 15) is 5.11 Å². The van der Waals surface area contributed by atoms with Crippen LogP contribution in [0.5, 0.6) is 0 Å². The molecule has 0 fully saturated rings. The zero-order valence-electron chi connectivity index (χ0n) is 21.0. The monoisotopic (exact) mass is 452 g/mol. The van der Waals surface area contributed by atoms with E-state index in [1.165, 1.54) is 35.1 Å². The predicted octanol–water partition coefficient (Wildman–Crippen LogP) is 7.90. The van der Waals surface area contributed by atoms with Gasteiger partial charge in [0, 0.05) is 17.4 Å². The molecule has 0 aliphatic heterocycles. The summed E-state index contributed by atoms with van der Waals surface area (Å²) >= 11 is 0. The highest BCUT2D eigenvalue weighted by atomic mass is 16.3. The molecule has 0 aliphatic carbocycles. The molecule has 34 heavy (non-hydrogen) atoms. The topological polar surface area (TPSA) is 38.0 Å². The molecule has 1 heterocycles. The first-order valence-electron chi connectivity index (χ1n) is 12.4. The van der Waals surface area contributed by atoms with Gasteiger partial charge in [0.1, 0.15) is 11.4 Å². The third kappa shape index (κ3) is 5.15. The van der Waals surface area contributed by atoms with E-state index in [0.717, 1.165) is 23.5 Å². The molecule has 0 spiro atoms. The molecule has 1 aromatic heterocycles. The van der Waals surface area contributed by atoms with Gasteiger partial charge in [-0.05, 0) is 67.0 Å². The Balaban J connectivity index is 1.76. The summed E-state index contributed by atoms with van der Waals surface area (Å²) in [5.41, 5.74) is 6.85. The molecule has 1 N–H and O–H groups in total. The van der Waals surface area contributed by atoms with Gasteiger partial charge in [-0.2, -0.15) is 0 Å². The Kier molecular flexibility index (Phi) is 7.04. The Morgan fingerprint density at radius 1 is 0.912 bits per heavy atom. The lowest BCUT2D eigenvalue weighted by Gasteiger charge is -2.14. The zero-order chi connectivity index (χ0) is 24.3. The van der Waals surface area contributed by atoms with Crippen LogP contribution < -0.4 is 0 Å². The summed E-state index contributed by atoms with van der Waals surface area (Å²) in [6.45, 7) is 10.2. The summed E-state index contributed by atoms with van der Waals surface area (Å²) in [7, 11) is 0. The summed E-state index contributed by atoms with van der Waals surface area (Å²) in [6.07, 6.45) is 5.51. The fraction of sp³-hybridized carbons (Fsp3) is 0.323. The molecular formula is C31H36N2O. The molecule has 0 amide bonds. The van der Waals surface area contributed by atoms with E-state index in [2.05, 4.69) is 98.1 Å². The minimum Gasteiger partial charge on any atom is -0.384 e. The van der Waals surface area contributed by atoms with Gasteiger partial charge in [0.05, 0.1) is 5.69 Å². The van der Waals surface area contributed by atoms with Crippen LogP contribution in [-0.2, 0) is 12.0 Å². The van der Waals surface area contributed by atoms with Crippen LogP contribution in [0.4, 0.5) is 0 Å². The van der Waals surface area contributed by atoms with E-state index < -0.39 is 5.60 Å². The van der Waals surface area contributed by atoms with E-state index in [1.807, 2.05) is 6.20 Å². The molecule has 0 bridgehead atoms. The average molecular weight is 453 g/mol. The average Bonchev–Trinajstić information content (AvgIpc) is 3.29. The molecule has 4 rings (SSSR count). The Morgan fingerprint density at radius 2 is 1.65 bits per heavy atom. The van der Waals surface area contributed by atoms with Crippen molar-refractivity contribution in [3.8, 4) is 28.2 Å². The highest BCUT2D eigenvalue weighted by Crippen LogP contribution is 2.33. The number of hydrogen-bond donors (Lipinski definition) is 1. The van der Waals surface area contributed by atoms with Gasteiger partial charge in [0.15, 0.2) is 0 Å². The van der Waals surface area contributed by atoms with Gasteiger partial charge in [-0.1, -0.05) is 87.9 Å². The van der Waals surface area contributed by atoms with Gasteiger partial charge in [0.2, 0.25) is 0 Å². The summed E-state index contributed by atoms with van der Waals surface area (Å²) in [4.78, 5) is 4.90. The maximum atomic E-state index is 10.7. The summed E-state index contributed by atoms with van der Waals surface area (Å²) in [5, 5.41) is 10.7. The molecule has 0 radical (unpaired) electrons. The van der Waals surface area contributed by atoms with Crippen molar-refractivity contribution >= 4 is 0 Å².